The van der Waals surface area contributed by atoms with Gasteiger partial charge in [-0.1, -0.05) is 17.7 Å². The molecule has 2 aromatic carbocycles. The third kappa shape index (κ3) is 5.23. The lowest BCUT2D eigenvalue weighted by Gasteiger charge is -2.11. The lowest BCUT2D eigenvalue weighted by atomic mass is 10.1. The summed E-state index contributed by atoms with van der Waals surface area (Å²) in [5.74, 6) is -1.61. The van der Waals surface area contributed by atoms with Crippen LogP contribution in [0.25, 0.3) is 0 Å². The van der Waals surface area contributed by atoms with Crippen molar-refractivity contribution in [2.45, 2.75) is 20.2 Å². The second-order valence-electron chi connectivity index (χ2n) is 5.30. The molecule has 2 amide bonds. The van der Waals surface area contributed by atoms with Crippen LogP contribution in [0.5, 0.6) is 5.75 Å². The Hall–Kier alpha value is -3.03. The molecule has 25 heavy (non-hydrogen) atoms. The molecule has 0 aromatic heterocycles. The number of rotatable bonds is 3. The molecule has 2 aromatic rings. The molecule has 2 N–H and O–H groups in total. The van der Waals surface area contributed by atoms with Crippen molar-refractivity contribution < 1.29 is 27.5 Å². The van der Waals surface area contributed by atoms with Crippen molar-refractivity contribution in [3.05, 3.63) is 64.7 Å². The number of hydrogen-bond donors (Lipinski definition) is 2. The van der Waals surface area contributed by atoms with Crippen LogP contribution >= 0.6 is 0 Å². The van der Waals surface area contributed by atoms with Crippen molar-refractivity contribution >= 4 is 11.8 Å². The average Bonchev–Trinajstić information content (AvgIpc) is 2.51. The fraction of sp³-hybridized carbons (Fsp3) is 0.176. The van der Waals surface area contributed by atoms with E-state index >= 15 is 0 Å². The number of halogens is 3. The molecular weight excluding hydrogens is 337 g/mol. The van der Waals surface area contributed by atoms with Crippen LogP contribution in [0.3, 0.4) is 0 Å². The van der Waals surface area contributed by atoms with Gasteiger partial charge in [0.25, 0.3) is 11.8 Å². The smallest absolute Gasteiger partial charge is 0.406 e. The number of amides is 2. The SMILES string of the molecule is Cc1ccc(C(=O)NNC(=O)c2ccc(OC(F)(F)F)cc2)c(C)c1. The molecule has 0 atom stereocenters. The highest BCUT2D eigenvalue weighted by molar-refractivity contribution is 5.99. The Balaban J connectivity index is 1.96. The highest BCUT2D eigenvalue weighted by Gasteiger charge is 2.31. The highest BCUT2D eigenvalue weighted by Crippen LogP contribution is 2.22. The number of hydrogen-bond acceptors (Lipinski definition) is 3. The first-order valence-electron chi connectivity index (χ1n) is 7.19. The summed E-state index contributed by atoms with van der Waals surface area (Å²) in [6.45, 7) is 3.66. The fourth-order valence-corrected chi connectivity index (χ4v) is 2.13. The number of alkyl halides is 3. The van der Waals surface area contributed by atoms with Gasteiger partial charge in [0.2, 0.25) is 0 Å². The Bertz CT molecular complexity index is 787. The van der Waals surface area contributed by atoms with Gasteiger partial charge in [-0.15, -0.1) is 13.2 Å². The first-order chi connectivity index (χ1) is 11.7. The van der Waals surface area contributed by atoms with Gasteiger partial charge in [0.1, 0.15) is 5.75 Å². The van der Waals surface area contributed by atoms with Crippen molar-refractivity contribution in [1.29, 1.82) is 0 Å². The van der Waals surface area contributed by atoms with Crippen molar-refractivity contribution in [3.8, 4) is 5.75 Å². The maximum atomic E-state index is 12.1. The van der Waals surface area contributed by atoms with E-state index in [1.54, 1.807) is 19.1 Å². The zero-order chi connectivity index (χ0) is 18.6. The van der Waals surface area contributed by atoms with Gasteiger partial charge in [0, 0.05) is 11.1 Å². The average molecular weight is 352 g/mol. The summed E-state index contributed by atoms with van der Waals surface area (Å²) in [5.41, 5.74) is 6.68. The summed E-state index contributed by atoms with van der Waals surface area (Å²) in [6, 6.07) is 9.55. The molecule has 0 bridgehead atoms. The lowest BCUT2D eigenvalue weighted by molar-refractivity contribution is -0.274. The number of benzene rings is 2. The number of carbonyl (C=O) groups excluding carboxylic acids is 2. The minimum atomic E-state index is -4.80. The first kappa shape index (κ1) is 18.3. The summed E-state index contributed by atoms with van der Waals surface area (Å²) in [6.07, 6.45) is -4.80. The van der Waals surface area contributed by atoms with Crippen molar-refractivity contribution in [1.82, 2.24) is 10.9 Å². The van der Waals surface area contributed by atoms with E-state index in [-0.39, 0.29) is 5.56 Å². The third-order valence-electron chi connectivity index (χ3n) is 3.27. The predicted molar refractivity (Wildman–Crippen MR) is 84.0 cm³/mol. The molecule has 0 spiro atoms. The maximum absolute atomic E-state index is 12.1. The zero-order valence-corrected chi connectivity index (χ0v) is 13.4. The van der Waals surface area contributed by atoms with E-state index in [0.29, 0.717) is 5.56 Å². The molecule has 0 heterocycles. The largest absolute Gasteiger partial charge is 0.573 e. The van der Waals surface area contributed by atoms with E-state index in [1.165, 1.54) is 0 Å². The van der Waals surface area contributed by atoms with Gasteiger partial charge in [-0.2, -0.15) is 0 Å². The molecule has 8 heteroatoms. The molecule has 0 aliphatic carbocycles. The Morgan fingerprint density at radius 1 is 0.920 bits per heavy atom. The van der Waals surface area contributed by atoms with Crippen LogP contribution in [0.2, 0.25) is 0 Å². The standard InChI is InChI=1S/C17H15F3N2O3/c1-10-3-8-14(11(2)9-10)16(24)22-21-15(23)12-4-6-13(7-5-12)25-17(18,19)20/h3-9H,1-2H3,(H,21,23)(H,22,24). The molecule has 5 nitrogen and oxygen atoms in total. The van der Waals surface area contributed by atoms with Crippen LogP contribution in [-0.2, 0) is 0 Å². The van der Waals surface area contributed by atoms with Crippen LogP contribution in [0.1, 0.15) is 31.8 Å². The Morgan fingerprint density at radius 2 is 1.52 bits per heavy atom. The number of aryl methyl sites for hydroxylation is 2. The van der Waals surface area contributed by atoms with E-state index in [9.17, 15) is 22.8 Å². The summed E-state index contributed by atoms with van der Waals surface area (Å²) < 4.78 is 40.0. The van der Waals surface area contributed by atoms with E-state index in [2.05, 4.69) is 15.6 Å². The van der Waals surface area contributed by atoms with Crippen molar-refractivity contribution in [2.75, 3.05) is 0 Å². The van der Waals surface area contributed by atoms with Crippen LogP contribution in [0, 0.1) is 13.8 Å². The van der Waals surface area contributed by atoms with Gasteiger partial charge >= 0.3 is 6.36 Å². The van der Waals surface area contributed by atoms with Crippen molar-refractivity contribution in [2.24, 2.45) is 0 Å². The highest BCUT2D eigenvalue weighted by atomic mass is 19.4. The van der Waals surface area contributed by atoms with Gasteiger partial charge in [0.15, 0.2) is 0 Å². The Labute approximate surface area is 141 Å². The van der Waals surface area contributed by atoms with Crippen LogP contribution in [-0.4, -0.2) is 18.2 Å². The van der Waals surface area contributed by atoms with Crippen LogP contribution < -0.4 is 15.6 Å². The molecule has 0 fully saturated rings. The monoisotopic (exact) mass is 352 g/mol. The zero-order valence-electron chi connectivity index (χ0n) is 13.4. The van der Waals surface area contributed by atoms with Crippen LogP contribution in [0.4, 0.5) is 13.2 Å². The van der Waals surface area contributed by atoms with Gasteiger partial charge in [-0.25, -0.2) is 0 Å². The molecular formula is C17H15F3N2O3. The molecule has 0 saturated heterocycles. The van der Waals surface area contributed by atoms with Gasteiger partial charge in [-0.05, 0) is 49.7 Å². The Kier molecular flexibility index (Phi) is 5.31. The molecule has 2 rings (SSSR count). The van der Waals surface area contributed by atoms with Gasteiger partial charge in [-0.3, -0.25) is 20.4 Å². The number of ether oxygens (including phenoxy) is 1. The van der Waals surface area contributed by atoms with E-state index in [0.717, 1.165) is 35.4 Å². The second kappa shape index (κ2) is 7.25. The summed E-state index contributed by atoms with van der Waals surface area (Å²) >= 11 is 0. The summed E-state index contributed by atoms with van der Waals surface area (Å²) in [5, 5.41) is 0. The van der Waals surface area contributed by atoms with Crippen LogP contribution in [0.15, 0.2) is 42.5 Å². The molecule has 0 radical (unpaired) electrons. The lowest BCUT2D eigenvalue weighted by Crippen LogP contribution is -2.41. The number of nitrogens with one attached hydrogen (secondary N) is 2. The summed E-state index contributed by atoms with van der Waals surface area (Å²) in [4.78, 5) is 24.0. The number of hydrazine groups is 1. The fourth-order valence-electron chi connectivity index (χ4n) is 2.13. The first-order valence-corrected chi connectivity index (χ1v) is 7.19. The van der Waals surface area contributed by atoms with Gasteiger partial charge < -0.3 is 4.74 Å². The maximum Gasteiger partial charge on any atom is 0.573 e. The summed E-state index contributed by atoms with van der Waals surface area (Å²) in [7, 11) is 0. The normalized spacial score (nSPS) is 10.9. The topological polar surface area (TPSA) is 67.4 Å². The molecule has 0 saturated carbocycles. The molecule has 132 valence electrons. The Morgan fingerprint density at radius 3 is 2.08 bits per heavy atom. The van der Waals surface area contributed by atoms with E-state index < -0.39 is 23.9 Å². The third-order valence-corrected chi connectivity index (χ3v) is 3.27. The minimum Gasteiger partial charge on any atom is -0.406 e. The molecule has 0 aliphatic heterocycles. The molecule has 0 unspecified atom stereocenters. The molecule has 0 aliphatic rings. The minimum absolute atomic E-state index is 0.0652. The number of carbonyl (C=O) groups is 2. The quantitative estimate of drug-likeness (QED) is 0.833. The van der Waals surface area contributed by atoms with Crippen molar-refractivity contribution in [3.63, 3.8) is 0 Å². The predicted octanol–water partition coefficient (Wildman–Crippen LogP) is 3.28. The van der Waals surface area contributed by atoms with E-state index in [4.69, 9.17) is 0 Å². The van der Waals surface area contributed by atoms with E-state index in [1.807, 2.05) is 13.0 Å². The van der Waals surface area contributed by atoms with Gasteiger partial charge in [0.05, 0.1) is 0 Å². The second-order valence-corrected chi connectivity index (χ2v) is 5.30.